The van der Waals surface area contributed by atoms with Gasteiger partial charge >= 0.3 is 6.18 Å². The van der Waals surface area contributed by atoms with Crippen molar-refractivity contribution in [1.82, 2.24) is 0 Å². The molecule has 4 rings (SSSR count). The van der Waals surface area contributed by atoms with Crippen LogP contribution >= 0.6 is 11.6 Å². The lowest BCUT2D eigenvalue weighted by atomic mass is 9.68. The molecular formula is C27H25ClF3N3O3. The first-order chi connectivity index (χ1) is 17.3. The van der Waals surface area contributed by atoms with E-state index in [0.29, 0.717) is 34.8 Å². The van der Waals surface area contributed by atoms with E-state index in [2.05, 4.69) is 6.07 Å². The predicted molar refractivity (Wildman–Crippen MR) is 133 cm³/mol. The average molecular weight is 532 g/mol. The molecule has 0 bridgehead atoms. The normalized spacial score (nSPS) is 19.5. The zero-order valence-corrected chi connectivity index (χ0v) is 21.4. The van der Waals surface area contributed by atoms with Crippen molar-refractivity contribution in [2.45, 2.75) is 38.8 Å². The van der Waals surface area contributed by atoms with Crippen LogP contribution in [0.15, 0.2) is 59.1 Å². The molecule has 1 heterocycles. The second kappa shape index (κ2) is 9.34. The molecule has 2 aromatic carbocycles. The number of carbonyl (C=O) groups is 1. The first kappa shape index (κ1) is 26.4. The fourth-order valence-corrected chi connectivity index (χ4v) is 5.21. The molecule has 0 amide bonds. The number of nitrogens with zero attached hydrogens (tertiary/aromatic N) is 2. The number of rotatable bonds is 4. The molecule has 194 valence electrons. The Kier molecular flexibility index (Phi) is 6.67. The molecule has 2 aromatic rings. The van der Waals surface area contributed by atoms with E-state index >= 15 is 0 Å². The van der Waals surface area contributed by atoms with Crippen molar-refractivity contribution >= 4 is 23.1 Å². The van der Waals surface area contributed by atoms with Crippen LogP contribution in [0, 0.1) is 16.7 Å². The maximum Gasteiger partial charge on any atom is 0.416 e. The molecule has 10 heteroatoms. The van der Waals surface area contributed by atoms with Crippen molar-refractivity contribution in [2.75, 3.05) is 19.1 Å². The second-order valence-electron chi connectivity index (χ2n) is 9.76. The van der Waals surface area contributed by atoms with Gasteiger partial charge in [0.1, 0.15) is 5.82 Å². The Hall–Kier alpha value is -3.64. The van der Waals surface area contributed by atoms with Crippen LogP contribution in [0.2, 0.25) is 5.02 Å². The lowest BCUT2D eigenvalue weighted by Crippen LogP contribution is -2.42. The first-order valence-electron chi connectivity index (χ1n) is 11.4. The molecule has 2 aliphatic rings. The molecule has 0 aromatic heterocycles. The Labute approximate surface area is 217 Å². The van der Waals surface area contributed by atoms with Crippen LogP contribution in [0.4, 0.5) is 18.9 Å². The molecule has 1 atom stereocenters. The van der Waals surface area contributed by atoms with Gasteiger partial charge in [0, 0.05) is 17.7 Å². The number of Topliss-reactive ketones (excluding diaryl/α,β-unsaturated/α-hetero) is 1. The van der Waals surface area contributed by atoms with Gasteiger partial charge in [-0.15, -0.1) is 0 Å². The standard InChI is InChI=1S/C27H25ClF3N3O3/c1-26(2)11-19-24(20(35)12-26)23(14-5-8-21(36-3)22(9-14)37-4)16(13-32)25(33)34(19)18-10-15(27(29,30)31)6-7-17(18)28/h5-10,23H,11-12,33H2,1-4H3. The van der Waals surface area contributed by atoms with Gasteiger partial charge in [-0.05, 0) is 47.7 Å². The van der Waals surface area contributed by atoms with Gasteiger partial charge in [0.05, 0.1) is 48.1 Å². The summed E-state index contributed by atoms with van der Waals surface area (Å²) in [5.41, 5.74) is 6.34. The van der Waals surface area contributed by atoms with E-state index < -0.39 is 23.1 Å². The third-order valence-corrected chi connectivity index (χ3v) is 6.96. The van der Waals surface area contributed by atoms with E-state index in [1.165, 1.54) is 19.1 Å². The van der Waals surface area contributed by atoms with Crippen LogP contribution in [0.25, 0.3) is 0 Å². The Morgan fingerprint density at radius 2 is 1.78 bits per heavy atom. The van der Waals surface area contributed by atoms with Crippen LogP contribution in [-0.4, -0.2) is 20.0 Å². The van der Waals surface area contributed by atoms with Crippen molar-refractivity contribution in [3.63, 3.8) is 0 Å². The zero-order valence-electron chi connectivity index (χ0n) is 20.7. The summed E-state index contributed by atoms with van der Waals surface area (Å²) in [5, 5.41) is 10.2. The third-order valence-electron chi connectivity index (χ3n) is 6.64. The van der Waals surface area contributed by atoms with Gasteiger partial charge in [-0.25, -0.2) is 0 Å². The number of alkyl halides is 3. The Morgan fingerprint density at radius 3 is 2.38 bits per heavy atom. The third kappa shape index (κ3) is 4.62. The summed E-state index contributed by atoms with van der Waals surface area (Å²) in [6.07, 6.45) is -4.12. The maximum absolute atomic E-state index is 13.6. The Morgan fingerprint density at radius 1 is 1.11 bits per heavy atom. The molecule has 1 aliphatic heterocycles. The number of benzene rings is 2. The largest absolute Gasteiger partial charge is 0.493 e. The Bertz CT molecular complexity index is 1390. The molecule has 6 nitrogen and oxygen atoms in total. The Balaban J connectivity index is 2.03. The van der Waals surface area contributed by atoms with Crippen LogP contribution in [-0.2, 0) is 11.0 Å². The summed E-state index contributed by atoms with van der Waals surface area (Å²) in [6.45, 7) is 3.79. The molecule has 2 N–H and O–H groups in total. The van der Waals surface area contributed by atoms with Gasteiger partial charge in [0.25, 0.3) is 0 Å². The van der Waals surface area contributed by atoms with Crippen LogP contribution in [0.5, 0.6) is 11.5 Å². The molecule has 37 heavy (non-hydrogen) atoms. The molecular weight excluding hydrogens is 507 g/mol. The van der Waals surface area contributed by atoms with Gasteiger partial charge < -0.3 is 15.2 Å². The highest BCUT2D eigenvalue weighted by Crippen LogP contribution is 2.52. The second-order valence-corrected chi connectivity index (χ2v) is 10.2. The number of nitriles is 1. The minimum atomic E-state index is -4.63. The zero-order chi connectivity index (χ0) is 27.3. The van der Waals surface area contributed by atoms with E-state index in [9.17, 15) is 23.2 Å². The molecule has 0 radical (unpaired) electrons. The van der Waals surface area contributed by atoms with Crippen molar-refractivity contribution in [1.29, 1.82) is 5.26 Å². The number of allylic oxidation sites excluding steroid dienone is 3. The van der Waals surface area contributed by atoms with Gasteiger partial charge in [-0.3, -0.25) is 9.69 Å². The minimum absolute atomic E-state index is 0.000449. The van der Waals surface area contributed by atoms with E-state index in [1.54, 1.807) is 18.2 Å². The number of anilines is 1. The van der Waals surface area contributed by atoms with Crippen LogP contribution in [0.1, 0.15) is 43.7 Å². The van der Waals surface area contributed by atoms with Gasteiger partial charge in [-0.2, -0.15) is 18.4 Å². The fourth-order valence-electron chi connectivity index (χ4n) is 5.01. The number of nitrogens with two attached hydrogens (primary N) is 1. The van der Waals surface area contributed by atoms with E-state index in [-0.39, 0.29) is 34.3 Å². The molecule has 0 saturated heterocycles. The van der Waals surface area contributed by atoms with E-state index in [4.69, 9.17) is 26.8 Å². The quantitative estimate of drug-likeness (QED) is 0.497. The number of hydrogen-bond donors (Lipinski definition) is 1. The molecule has 0 saturated carbocycles. The van der Waals surface area contributed by atoms with Crippen LogP contribution < -0.4 is 20.1 Å². The highest BCUT2D eigenvalue weighted by atomic mass is 35.5. The number of hydrogen-bond acceptors (Lipinski definition) is 6. The smallest absolute Gasteiger partial charge is 0.416 e. The number of methoxy groups -OCH3 is 2. The summed E-state index contributed by atoms with van der Waals surface area (Å²) >= 11 is 6.39. The summed E-state index contributed by atoms with van der Waals surface area (Å²) in [7, 11) is 2.95. The van der Waals surface area contributed by atoms with Crippen molar-refractivity contribution in [3.05, 3.63) is 75.2 Å². The van der Waals surface area contributed by atoms with Crippen molar-refractivity contribution in [3.8, 4) is 17.6 Å². The highest BCUT2D eigenvalue weighted by molar-refractivity contribution is 6.33. The number of halogens is 4. The molecule has 1 aliphatic carbocycles. The monoisotopic (exact) mass is 531 g/mol. The van der Waals surface area contributed by atoms with E-state index in [0.717, 1.165) is 18.2 Å². The average Bonchev–Trinajstić information content (AvgIpc) is 2.82. The van der Waals surface area contributed by atoms with Crippen LogP contribution in [0.3, 0.4) is 0 Å². The highest BCUT2D eigenvalue weighted by Gasteiger charge is 2.45. The number of carbonyl (C=O) groups excluding carboxylic acids is 1. The molecule has 1 unspecified atom stereocenters. The van der Waals surface area contributed by atoms with Crippen molar-refractivity contribution < 1.29 is 27.4 Å². The summed E-state index contributed by atoms with van der Waals surface area (Å²) in [5.74, 6) is -0.304. The van der Waals surface area contributed by atoms with Gasteiger partial charge in [0.15, 0.2) is 17.3 Å². The molecule has 0 fully saturated rings. The van der Waals surface area contributed by atoms with Crippen molar-refractivity contribution in [2.24, 2.45) is 11.1 Å². The summed E-state index contributed by atoms with van der Waals surface area (Å²) in [4.78, 5) is 15.0. The fraction of sp³-hybridized carbons (Fsp3) is 0.333. The maximum atomic E-state index is 13.6. The number of ether oxygens (including phenoxy) is 2. The lowest BCUT2D eigenvalue weighted by Gasteiger charge is -2.44. The predicted octanol–water partition coefficient (Wildman–Crippen LogP) is 6.32. The van der Waals surface area contributed by atoms with E-state index in [1.807, 2.05) is 13.8 Å². The van der Waals surface area contributed by atoms with Gasteiger partial charge in [0.2, 0.25) is 0 Å². The molecule has 0 spiro atoms. The van der Waals surface area contributed by atoms with Gasteiger partial charge in [-0.1, -0.05) is 31.5 Å². The number of ketones is 1. The summed E-state index contributed by atoms with van der Waals surface area (Å²) in [6, 6.07) is 10.0. The first-order valence-corrected chi connectivity index (χ1v) is 11.8. The minimum Gasteiger partial charge on any atom is -0.493 e. The summed E-state index contributed by atoms with van der Waals surface area (Å²) < 4.78 is 51.5. The SMILES string of the molecule is COc1ccc(C2C(C#N)=C(N)N(c3cc(C(F)(F)F)ccc3Cl)C3=C2C(=O)CC(C)(C)C3)cc1OC. The lowest BCUT2D eigenvalue weighted by molar-refractivity contribution is -0.137. The topological polar surface area (TPSA) is 88.6 Å².